The van der Waals surface area contributed by atoms with Crippen molar-refractivity contribution in [1.29, 1.82) is 0 Å². The number of nitrogens with one attached hydrogen (secondary N) is 1. The van der Waals surface area contributed by atoms with Gasteiger partial charge in [-0.25, -0.2) is 4.98 Å². The molecule has 0 aliphatic carbocycles. The highest BCUT2D eigenvalue weighted by Crippen LogP contribution is 2.31. The molecule has 0 fully saturated rings. The highest BCUT2D eigenvalue weighted by atomic mass is 35.5. The molecule has 1 amide bonds. The number of aromatic nitrogens is 2. The van der Waals surface area contributed by atoms with Crippen molar-refractivity contribution in [2.75, 3.05) is 12.4 Å². The van der Waals surface area contributed by atoms with Gasteiger partial charge in [0.15, 0.2) is 0 Å². The lowest BCUT2D eigenvalue weighted by molar-refractivity contribution is 0.102. The molecular formula is C24H18ClN3O2. The fourth-order valence-corrected chi connectivity index (χ4v) is 3.28. The zero-order valence-electron chi connectivity index (χ0n) is 16.2. The molecule has 0 atom stereocenters. The Morgan fingerprint density at radius 1 is 0.900 bits per heavy atom. The molecule has 0 saturated heterocycles. The summed E-state index contributed by atoms with van der Waals surface area (Å²) in [6.45, 7) is 0. The van der Waals surface area contributed by atoms with E-state index in [4.69, 9.17) is 16.3 Å². The first-order valence-corrected chi connectivity index (χ1v) is 9.63. The third kappa shape index (κ3) is 4.31. The number of carbonyl (C=O) groups is 1. The highest BCUT2D eigenvalue weighted by molar-refractivity contribution is 6.33. The van der Waals surface area contributed by atoms with Crippen LogP contribution in [0.25, 0.3) is 22.3 Å². The first-order valence-electron chi connectivity index (χ1n) is 9.26. The van der Waals surface area contributed by atoms with E-state index in [2.05, 4.69) is 15.3 Å². The SMILES string of the molecule is COc1ccc(NC(=O)c2ccc(Cl)c(-c3ccc(-c4ccncc4)cc3)c2)cn1. The quantitative estimate of drug-likeness (QED) is 0.452. The van der Waals surface area contributed by atoms with Crippen molar-refractivity contribution in [3.8, 4) is 28.1 Å². The maximum Gasteiger partial charge on any atom is 0.255 e. The van der Waals surface area contributed by atoms with Crippen LogP contribution in [0.3, 0.4) is 0 Å². The average Bonchev–Trinajstić information content (AvgIpc) is 2.80. The van der Waals surface area contributed by atoms with E-state index in [0.717, 1.165) is 22.3 Å². The summed E-state index contributed by atoms with van der Waals surface area (Å²) < 4.78 is 5.03. The van der Waals surface area contributed by atoms with Crippen molar-refractivity contribution >= 4 is 23.2 Å². The zero-order valence-corrected chi connectivity index (χ0v) is 16.9. The van der Waals surface area contributed by atoms with Crippen LogP contribution in [0.1, 0.15) is 10.4 Å². The van der Waals surface area contributed by atoms with Gasteiger partial charge in [-0.1, -0.05) is 35.9 Å². The molecule has 0 bridgehead atoms. The number of rotatable bonds is 5. The number of ether oxygens (including phenoxy) is 1. The van der Waals surface area contributed by atoms with Crippen LogP contribution in [0, 0.1) is 0 Å². The van der Waals surface area contributed by atoms with Crippen LogP contribution in [0.4, 0.5) is 5.69 Å². The summed E-state index contributed by atoms with van der Waals surface area (Å²) in [5.41, 5.74) is 4.97. The van der Waals surface area contributed by atoms with Gasteiger partial charge in [-0.3, -0.25) is 9.78 Å². The minimum Gasteiger partial charge on any atom is -0.481 e. The summed E-state index contributed by atoms with van der Waals surface area (Å²) in [6.07, 6.45) is 5.08. The second kappa shape index (κ2) is 8.76. The Bertz CT molecular complexity index is 1160. The van der Waals surface area contributed by atoms with E-state index in [1.807, 2.05) is 36.4 Å². The third-order valence-corrected chi connectivity index (χ3v) is 4.97. The Hall–Kier alpha value is -3.70. The van der Waals surface area contributed by atoms with E-state index in [9.17, 15) is 4.79 Å². The molecule has 148 valence electrons. The summed E-state index contributed by atoms with van der Waals surface area (Å²) in [6, 6.07) is 20.6. The zero-order chi connectivity index (χ0) is 20.9. The number of methoxy groups -OCH3 is 1. The number of benzene rings is 2. The van der Waals surface area contributed by atoms with E-state index in [-0.39, 0.29) is 5.91 Å². The van der Waals surface area contributed by atoms with Crippen molar-refractivity contribution < 1.29 is 9.53 Å². The number of hydrogen-bond donors (Lipinski definition) is 1. The number of hydrogen-bond acceptors (Lipinski definition) is 4. The molecule has 5 nitrogen and oxygen atoms in total. The summed E-state index contributed by atoms with van der Waals surface area (Å²) >= 11 is 6.42. The van der Waals surface area contributed by atoms with Crippen LogP contribution in [-0.2, 0) is 0 Å². The fourth-order valence-electron chi connectivity index (χ4n) is 3.05. The van der Waals surface area contributed by atoms with Crippen LogP contribution < -0.4 is 10.1 Å². The first kappa shape index (κ1) is 19.6. The van der Waals surface area contributed by atoms with Gasteiger partial charge in [0.05, 0.1) is 19.0 Å². The van der Waals surface area contributed by atoms with Gasteiger partial charge >= 0.3 is 0 Å². The second-order valence-electron chi connectivity index (χ2n) is 6.55. The van der Waals surface area contributed by atoms with Gasteiger partial charge in [0.25, 0.3) is 5.91 Å². The molecule has 2 aromatic heterocycles. The van der Waals surface area contributed by atoms with Crippen LogP contribution in [-0.4, -0.2) is 23.0 Å². The minimum absolute atomic E-state index is 0.242. The second-order valence-corrected chi connectivity index (χ2v) is 6.96. The molecule has 4 aromatic rings. The molecular weight excluding hydrogens is 398 g/mol. The molecule has 1 N–H and O–H groups in total. The van der Waals surface area contributed by atoms with E-state index < -0.39 is 0 Å². The van der Waals surface area contributed by atoms with E-state index in [1.54, 1.807) is 56.0 Å². The molecule has 0 unspecified atom stereocenters. The van der Waals surface area contributed by atoms with Gasteiger partial charge in [0.2, 0.25) is 5.88 Å². The van der Waals surface area contributed by atoms with Crippen LogP contribution in [0.5, 0.6) is 5.88 Å². The molecule has 0 radical (unpaired) electrons. The van der Waals surface area contributed by atoms with Crippen molar-refractivity contribution in [2.24, 2.45) is 0 Å². The van der Waals surface area contributed by atoms with Gasteiger partial charge in [0, 0.05) is 34.6 Å². The van der Waals surface area contributed by atoms with Crippen LogP contribution in [0.15, 0.2) is 85.3 Å². The molecule has 0 saturated carbocycles. The molecule has 6 heteroatoms. The summed E-state index contributed by atoms with van der Waals surface area (Å²) in [5.74, 6) is 0.241. The maximum atomic E-state index is 12.7. The van der Waals surface area contributed by atoms with Gasteiger partial charge in [-0.15, -0.1) is 0 Å². The lowest BCUT2D eigenvalue weighted by Crippen LogP contribution is -2.12. The Labute approximate surface area is 179 Å². The largest absolute Gasteiger partial charge is 0.481 e. The first-order chi connectivity index (χ1) is 14.6. The summed E-state index contributed by atoms with van der Waals surface area (Å²) in [4.78, 5) is 20.8. The summed E-state index contributed by atoms with van der Waals surface area (Å²) in [7, 11) is 1.54. The number of carbonyl (C=O) groups excluding carboxylic acids is 1. The average molecular weight is 416 g/mol. The normalized spacial score (nSPS) is 10.5. The molecule has 0 aliphatic rings. The van der Waals surface area contributed by atoms with Gasteiger partial charge in [0.1, 0.15) is 0 Å². The lowest BCUT2D eigenvalue weighted by Gasteiger charge is -2.10. The predicted octanol–water partition coefficient (Wildman–Crippen LogP) is 5.72. The number of pyridine rings is 2. The van der Waals surface area contributed by atoms with E-state index in [1.165, 1.54) is 0 Å². The van der Waals surface area contributed by atoms with E-state index in [0.29, 0.717) is 22.2 Å². The fraction of sp³-hybridized carbons (Fsp3) is 0.0417. The topological polar surface area (TPSA) is 64.1 Å². The van der Waals surface area contributed by atoms with Gasteiger partial charge in [-0.2, -0.15) is 0 Å². The van der Waals surface area contributed by atoms with Crippen molar-refractivity contribution in [3.63, 3.8) is 0 Å². The van der Waals surface area contributed by atoms with Crippen molar-refractivity contribution in [1.82, 2.24) is 9.97 Å². The highest BCUT2D eigenvalue weighted by Gasteiger charge is 2.11. The smallest absolute Gasteiger partial charge is 0.255 e. The minimum atomic E-state index is -0.242. The monoisotopic (exact) mass is 415 g/mol. The molecule has 2 heterocycles. The van der Waals surface area contributed by atoms with E-state index >= 15 is 0 Å². The molecule has 0 spiro atoms. The van der Waals surface area contributed by atoms with Gasteiger partial charge in [-0.05, 0) is 53.1 Å². The third-order valence-electron chi connectivity index (χ3n) is 4.64. The number of halogens is 1. The Kier molecular flexibility index (Phi) is 5.72. The standard InChI is InChI=1S/C24H18ClN3O2/c1-30-23-9-7-20(15-27-23)28-24(29)19-6-8-22(25)21(14-19)18-4-2-16(3-5-18)17-10-12-26-13-11-17/h2-15H,1H3,(H,28,29). The Morgan fingerprint density at radius 3 is 2.27 bits per heavy atom. The molecule has 4 rings (SSSR count). The Balaban J connectivity index is 1.57. The lowest BCUT2D eigenvalue weighted by atomic mass is 9.99. The number of nitrogens with zero attached hydrogens (tertiary/aromatic N) is 2. The molecule has 2 aromatic carbocycles. The van der Waals surface area contributed by atoms with Crippen LogP contribution in [0.2, 0.25) is 5.02 Å². The number of anilines is 1. The van der Waals surface area contributed by atoms with Crippen molar-refractivity contribution in [3.05, 3.63) is 95.9 Å². The predicted molar refractivity (Wildman–Crippen MR) is 119 cm³/mol. The van der Waals surface area contributed by atoms with Crippen molar-refractivity contribution in [2.45, 2.75) is 0 Å². The number of amides is 1. The van der Waals surface area contributed by atoms with Crippen LogP contribution >= 0.6 is 11.6 Å². The molecule has 0 aliphatic heterocycles. The van der Waals surface area contributed by atoms with Gasteiger partial charge < -0.3 is 10.1 Å². The maximum absolute atomic E-state index is 12.7. The summed E-state index contributed by atoms with van der Waals surface area (Å²) in [5, 5.41) is 3.41. The Morgan fingerprint density at radius 2 is 1.60 bits per heavy atom. The molecule has 30 heavy (non-hydrogen) atoms.